The van der Waals surface area contributed by atoms with Crippen LogP contribution in [0.25, 0.3) is 10.1 Å². The van der Waals surface area contributed by atoms with Gasteiger partial charge in [0.1, 0.15) is 9.58 Å². The first-order chi connectivity index (χ1) is 8.56. The monoisotopic (exact) mass is 284 g/mol. The maximum atomic E-state index is 11.8. The van der Waals surface area contributed by atoms with Crippen molar-refractivity contribution in [2.75, 3.05) is 6.54 Å². The molecule has 0 saturated carbocycles. The van der Waals surface area contributed by atoms with Crippen molar-refractivity contribution in [3.05, 3.63) is 38.2 Å². The molecule has 1 N–H and O–H groups in total. The zero-order valence-corrected chi connectivity index (χ0v) is 11.0. The fraction of sp³-hybridized carbons (Fsp3) is 0.182. The smallest absolute Gasteiger partial charge is 0.287 e. The van der Waals surface area contributed by atoms with E-state index in [9.17, 15) is 14.9 Å². The van der Waals surface area contributed by atoms with Gasteiger partial charge in [-0.1, -0.05) is 23.7 Å². The van der Waals surface area contributed by atoms with Crippen LogP contribution in [0, 0.1) is 10.1 Å². The number of nitro groups is 1. The maximum absolute atomic E-state index is 11.8. The third-order valence-electron chi connectivity index (χ3n) is 2.37. The average Bonchev–Trinajstić information content (AvgIpc) is 2.67. The summed E-state index contributed by atoms with van der Waals surface area (Å²) in [5, 5.41) is 14.3. The van der Waals surface area contributed by atoms with Crippen molar-refractivity contribution in [3.8, 4) is 0 Å². The van der Waals surface area contributed by atoms with Gasteiger partial charge in [-0.05, 0) is 6.92 Å². The summed E-state index contributed by atoms with van der Waals surface area (Å²) < 4.78 is 0.425. The van der Waals surface area contributed by atoms with Gasteiger partial charge in [0.15, 0.2) is 0 Å². The van der Waals surface area contributed by atoms with Crippen LogP contribution in [0.5, 0.6) is 0 Å². The van der Waals surface area contributed by atoms with Gasteiger partial charge < -0.3 is 5.32 Å². The minimum atomic E-state index is -0.476. The minimum absolute atomic E-state index is 0.0325. The summed E-state index contributed by atoms with van der Waals surface area (Å²) in [7, 11) is 0. The number of carbonyl (C=O) groups excluding carboxylic acids is 1. The second-order valence-corrected chi connectivity index (χ2v) is 4.91. The van der Waals surface area contributed by atoms with Crippen LogP contribution >= 0.6 is 22.9 Å². The number of carbonyl (C=O) groups is 1. The van der Waals surface area contributed by atoms with Gasteiger partial charge in [0.25, 0.3) is 11.6 Å². The Bertz CT molecular complexity index is 638. The highest BCUT2D eigenvalue weighted by atomic mass is 35.5. The fourth-order valence-corrected chi connectivity index (χ4v) is 3.12. The number of nitrogens with zero attached hydrogens (tertiary/aromatic N) is 1. The molecule has 0 bridgehead atoms. The molecule has 0 saturated heterocycles. The lowest BCUT2D eigenvalue weighted by atomic mass is 10.2. The van der Waals surface area contributed by atoms with Crippen LogP contribution in [0.15, 0.2) is 18.2 Å². The van der Waals surface area contributed by atoms with E-state index in [2.05, 4.69) is 5.32 Å². The molecule has 7 heteroatoms. The summed E-state index contributed by atoms with van der Waals surface area (Å²) in [4.78, 5) is 22.5. The molecular weight excluding hydrogens is 276 g/mol. The summed E-state index contributed by atoms with van der Waals surface area (Å²) in [5.41, 5.74) is -0.0325. The minimum Gasteiger partial charge on any atom is -0.352 e. The van der Waals surface area contributed by atoms with Crippen molar-refractivity contribution in [1.29, 1.82) is 0 Å². The number of halogens is 1. The maximum Gasteiger partial charge on any atom is 0.287 e. The summed E-state index contributed by atoms with van der Waals surface area (Å²) >= 11 is 7.13. The van der Waals surface area contributed by atoms with Gasteiger partial charge in [-0.25, -0.2) is 0 Å². The Balaban J connectivity index is 2.66. The topological polar surface area (TPSA) is 72.2 Å². The molecule has 18 heavy (non-hydrogen) atoms. The quantitative estimate of drug-likeness (QED) is 0.695. The van der Waals surface area contributed by atoms with E-state index in [0.717, 1.165) is 11.3 Å². The van der Waals surface area contributed by atoms with Gasteiger partial charge in [-0.3, -0.25) is 14.9 Å². The van der Waals surface area contributed by atoms with Gasteiger partial charge in [0.05, 0.1) is 9.95 Å². The summed E-state index contributed by atoms with van der Waals surface area (Å²) in [6.07, 6.45) is 0. The molecule has 2 rings (SSSR count). The molecule has 0 aliphatic carbocycles. The predicted molar refractivity (Wildman–Crippen MR) is 71.5 cm³/mol. The molecule has 0 radical (unpaired) electrons. The van der Waals surface area contributed by atoms with E-state index < -0.39 is 4.92 Å². The first kappa shape index (κ1) is 12.8. The molecule has 0 aliphatic heterocycles. The Morgan fingerprint density at radius 2 is 2.28 bits per heavy atom. The van der Waals surface area contributed by atoms with Crippen LogP contribution < -0.4 is 5.32 Å². The lowest BCUT2D eigenvalue weighted by Crippen LogP contribution is -2.21. The van der Waals surface area contributed by atoms with Crippen molar-refractivity contribution in [2.24, 2.45) is 0 Å². The van der Waals surface area contributed by atoms with E-state index >= 15 is 0 Å². The second-order valence-electron chi connectivity index (χ2n) is 3.52. The van der Waals surface area contributed by atoms with E-state index in [1.54, 1.807) is 19.1 Å². The molecule has 1 aromatic heterocycles. The highest BCUT2D eigenvalue weighted by Crippen LogP contribution is 2.39. The number of benzene rings is 1. The van der Waals surface area contributed by atoms with E-state index in [1.807, 2.05) is 0 Å². The molecule has 0 fully saturated rings. The zero-order valence-electron chi connectivity index (χ0n) is 9.40. The van der Waals surface area contributed by atoms with Gasteiger partial charge in [-0.2, -0.15) is 0 Å². The standard InChI is InChI=1S/C11H9ClN2O3S/c1-2-13-11(15)10-8(12)6-4-3-5-7(14(16)17)9(6)18-10/h3-5H,2H2,1H3,(H,13,15). The Labute approximate surface area is 112 Å². The van der Waals surface area contributed by atoms with Crippen LogP contribution in [0.2, 0.25) is 5.02 Å². The van der Waals surface area contributed by atoms with Crippen molar-refractivity contribution in [2.45, 2.75) is 6.92 Å². The number of hydrogen-bond donors (Lipinski definition) is 1. The van der Waals surface area contributed by atoms with Crippen LogP contribution in [0.4, 0.5) is 5.69 Å². The van der Waals surface area contributed by atoms with Gasteiger partial charge >= 0.3 is 0 Å². The molecule has 0 aliphatic rings. The molecule has 5 nitrogen and oxygen atoms in total. The van der Waals surface area contributed by atoms with Crippen LogP contribution in [-0.4, -0.2) is 17.4 Å². The van der Waals surface area contributed by atoms with Crippen molar-refractivity contribution in [3.63, 3.8) is 0 Å². The fourth-order valence-electron chi connectivity index (χ4n) is 1.60. The largest absolute Gasteiger partial charge is 0.352 e. The Morgan fingerprint density at radius 3 is 2.89 bits per heavy atom. The normalized spacial score (nSPS) is 10.6. The Kier molecular flexibility index (Phi) is 3.49. The van der Waals surface area contributed by atoms with Gasteiger partial charge in [-0.15, -0.1) is 11.3 Å². The van der Waals surface area contributed by atoms with Crippen molar-refractivity contribution in [1.82, 2.24) is 5.32 Å². The van der Waals surface area contributed by atoms with Gasteiger partial charge in [0, 0.05) is 18.0 Å². The number of nitro benzene ring substituents is 1. The third-order valence-corrected chi connectivity index (χ3v) is 4.11. The number of amides is 1. The van der Waals surface area contributed by atoms with Crippen LogP contribution in [-0.2, 0) is 0 Å². The Morgan fingerprint density at radius 1 is 1.56 bits per heavy atom. The number of hydrogen-bond acceptors (Lipinski definition) is 4. The number of thiophene rings is 1. The first-order valence-corrected chi connectivity index (χ1v) is 6.39. The zero-order chi connectivity index (χ0) is 13.3. The van der Waals surface area contributed by atoms with Crippen LogP contribution in [0.3, 0.4) is 0 Å². The van der Waals surface area contributed by atoms with E-state index in [0.29, 0.717) is 21.5 Å². The van der Waals surface area contributed by atoms with Crippen molar-refractivity contribution < 1.29 is 9.72 Å². The van der Waals surface area contributed by atoms with E-state index in [-0.39, 0.29) is 16.6 Å². The van der Waals surface area contributed by atoms with Crippen molar-refractivity contribution >= 4 is 44.6 Å². The molecule has 0 spiro atoms. The first-order valence-electron chi connectivity index (χ1n) is 5.19. The molecule has 94 valence electrons. The average molecular weight is 285 g/mol. The van der Waals surface area contributed by atoms with Gasteiger partial charge in [0.2, 0.25) is 0 Å². The third kappa shape index (κ3) is 2.04. The lowest BCUT2D eigenvalue weighted by Gasteiger charge is -1.98. The summed E-state index contributed by atoms with van der Waals surface area (Å²) in [6, 6.07) is 4.63. The number of nitrogens with one attached hydrogen (secondary N) is 1. The molecule has 2 aromatic rings. The molecule has 1 amide bonds. The lowest BCUT2D eigenvalue weighted by molar-refractivity contribution is -0.382. The molecular formula is C11H9ClN2O3S. The number of fused-ring (bicyclic) bond motifs is 1. The Hall–Kier alpha value is -1.66. The van der Waals surface area contributed by atoms with E-state index in [4.69, 9.17) is 11.6 Å². The summed E-state index contributed by atoms with van der Waals surface area (Å²) in [5.74, 6) is -0.307. The number of rotatable bonds is 3. The molecule has 0 unspecified atom stereocenters. The second kappa shape index (κ2) is 4.91. The summed E-state index contributed by atoms with van der Waals surface area (Å²) in [6.45, 7) is 2.27. The van der Waals surface area contributed by atoms with E-state index in [1.165, 1.54) is 6.07 Å². The van der Waals surface area contributed by atoms with Crippen LogP contribution in [0.1, 0.15) is 16.6 Å². The molecule has 0 atom stereocenters. The highest BCUT2D eigenvalue weighted by molar-refractivity contribution is 7.22. The molecule has 1 heterocycles. The SMILES string of the molecule is CCNC(=O)c1sc2c([N+](=O)[O-])cccc2c1Cl. The molecule has 1 aromatic carbocycles. The predicted octanol–water partition coefficient (Wildman–Crippen LogP) is 3.21. The highest BCUT2D eigenvalue weighted by Gasteiger charge is 2.22. The number of non-ortho nitro benzene ring substituents is 1.